The molecule has 0 saturated heterocycles. The molecule has 0 fully saturated rings. The average Bonchev–Trinajstić information content (AvgIpc) is 2.87. The molecule has 1 heterocycles. The number of oxazole rings is 1. The van der Waals surface area contributed by atoms with E-state index in [0.29, 0.717) is 29.8 Å². The summed E-state index contributed by atoms with van der Waals surface area (Å²) < 4.78 is 11.5. The van der Waals surface area contributed by atoms with Crippen LogP contribution >= 0.6 is 27.5 Å². The number of benzene rings is 1. The van der Waals surface area contributed by atoms with E-state index >= 15 is 0 Å². The van der Waals surface area contributed by atoms with Gasteiger partial charge in [-0.25, -0.2) is 4.98 Å². The average molecular weight is 346 g/mol. The second-order valence-electron chi connectivity index (χ2n) is 3.92. The van der Waals surface area contributed by atoms with Crippen LogP contribution in [0.15, 0.2) is 33.3 Å². The first-order chi connectivity index (χ1) is 9.20. The van der Waals surface area contributed by atoms with Gasteiger partial charge in [0.25, 0.3) is 0 Å². The molecule has 0 aliphatic carbocycles. The van der Waals surface area contributed by atoms with Crippen molar-refractivity contribution in [3.05, 3.63) is 39.8 Å². The highest BCUT2D eigenvalue weighted by Gasteiger charge is 2.07. The number of methoxy groups -OCH3 is 1. The predicted molar refractivity (Wildman–Crippen MR) is 78.2 cm³/mol. The Hall–Kier alpha value is -0.880. The van der Waals surface area contributed by atoms with E-state index in [-0.39, 0.29) is 0 Å². The third-order valence-electron chi connectivity index (χ3n) is 2.52. The van der Waals surface area contributed by atoms with Crippen molar-refractivity contribution in [1.82, 2.24) is 10.3 Å². The predicted octanol–water partition coefficient (Wildman–Crippen LogP) is 3.49. The Kier molecular flexibility index (Phi) is 5.39. The lowest BCUT2D eigenvalue weighted by Crippen LogP contribution is -2.18. The number of rotatable bonds is 6. The molecule has 19 heavy (non-hydrogen) atoms. The molecule has 102 valence electrons. The minimum Gasteiger partial charge on any atom is -0.439 e. The summed E-state index contributed by atoms with van der Waals surface area (Å²) in [6, 6.07) is 5.66. The highest BCUT2D eigenvalue weighted by Crippen LogP contribution is 2.29. The quantitative estimate of drug-likeness (QED) is 0.814. The van der Waals surface area contributed by atoms with E-state index in [0.717, 1.165) is 16.6 Å². The summed E-state index contributed by atoms with van der Waals surface area (Å²) in [5.74, 6) is 1.35. The van der Waals surface area contributed by atoms with Crippen LogP contribution < -0.4 is 5.32 Å². The monoisotopic (exact) mass is 344 g/mol. The van der Waals surface area contributed by atoms with Gasteiger partial charge in [0, 0.05) is 23.7 Å². The molecule has 0 atom stereocenters. The number of hydrogen-bond acceptors (Lipinski definition) is 4. The molecule has 2 aromatic rings. The van der Waals surface area contributed by atoms with Crippen LogP contribution in [0.4, 0.5) is 0 Å². The summed E-state index contributed by atoms with van der Waals surface area (Å²) in [5, 5.41) is 3.82. The van der Waals surface area contributed by atoms with Gasteiger partial charge in [0.2, 0.25) is 5.89 Å². The van der Waals surface area contributed by atoms with Crippen LogP contribution in [0.5, 0.6) is 0 Å². The number of ether oxygens (including phenoxy) is 1. The molecule has 4 nitrogen and oxygen atoms in total. The Morgan fingerprint density at radius 1 is 1.47 bits per heavy atom. The van der Waals surface area contributed by atoms with Crippen molar-refractivity contribution in [2.24, 2.45) is 0 Å². The van der Waals surface area contributed by atoms with Gasteiger partial charge in [-0.15, -0.1) is 0 Å². The zero-order chi connectivity index (χ0) is 13.7. The molecule has 6 heteroatoms. The third kappa shape index (κ3) is 4.04. The lowest BCUT2D eigenvalue weighted by molar-refractivity contribution is 0.198. The van der Waals surface area contributed by atoms with E-state index < -0.39 is 0 Å². The van der Waals surface area contributed by atoms with Gasteiger partial charge in [-0.2, -0.15) is 0 Å². The van der Waals surface area contributed by atoms with Crippen LogP contribution in [0.2, 0.25) is 5.02 Å². The van der Waals surface area contributed by atoms with Crippen molar-refractivity contribution >= 4 is 27.5 Å². The first-order valence-electron chi connectivity index (χ1n) is 5.80. The molecule has 0 aliphatic heterocycles. The molecular weight excluding hydrogens is 332 g/mol. The minimum absolute atomic E-state index is 0.577. The van der Waals surface area contributed by atoms with Crippen molar-refractivity contribution < 1.29 is 9.15 Å². The Morgan fingerprint density at radius 3 is 3.05 bits per heavy atom. The van der Waals surface area contributed by atoms with Crippen LogP contribution in [0.1, 0.15) is 5.89 Å². The van der Waals surface area contributed by atoms with Gasteiger partial charge in [-0.3, -0.25) is 0 Å². The Labute approximate surface area is 125 Å². The highest BCUT2D eigenvalue weighted by molar-refractivity contribution is 9.10. The van der Waals surface area contributed by atoms with Crippen molar-refractivity contribution in [3.63, 3.8) is 0 Å². The summed E-state index contributed by atoms with van der Waals surface area (Å²) in [5.41, 5.74) is 0.906. The van der Waals surface area contributed by atoms with Crippen LogP contribution in [0.25, 0.3) is 11.3 Å². The summed E-state index contributed by atoms with van der Waals surface area (Å²) >= 11 is 9.41. The SMILES string of the molecule is COCCNCc1ncc(-c2ccc(Br)c(Cl)c2)o1. The maximum absolute atomic E-state index is 6.05. The highest BCUT2D eigenvalue weighted by atomic mass is 79.9. The van der Waals surface area contributed by atoms with Crippen LogP contribution in [-0.2, 0) is 11.3 Å². The molecule has 0 unspecified atom stereocenters. The van der Waals surface area contributed by atoms with Crippen molar-refractivity contribution in [1.29, 1.82) is 0 Å². The fourth-order valence-corrected chi connectivity index (χ4v) is 1.97. The van der Waals surface area contributed by atoms with Gasteiger partial charge in [0.05, 0.1) is 24.4 Å². The van der Waals surface area contributed by atoms with Gasteiger partial charge in [0.1, 0.15) is 0 Å². The van der Waals surface area contributed by atoms with Crippen molar-refractivity contribution in [2.45, 2.75) is 6.54 Å². The molecule has 0 spiro atoms. The number of nitrogens with zero attached hydrogens (tertiary/aromatic N) is 1. The number of aromatic nitrogens is 1. The third-order valence-corrected chi connectivity index (χ3v) is 3.75. The lowest BCUT2D eigenvalue weighted by atomic mass is 10.2. The van der Waals surface area contributed by atoms with Gasteiger partial charge >= 0.3 is 0 Å². The van der Waals surface area contributed by atoms with E-state index in [9.17, 15) is 0 Å². The van der Waals surface area contributed by atoms with Crippen molar-refractivity contribution in [3.8, 4) is 11.3 Å². The van der Waals surface area contributed by atoms with Gasteiger partial charge in [-0.05, 0) is 34.1 Å². The molecule has 1 N–H and O–H groups in total. The van der Waals surface area contributed by atoms with E-state index in [4.69, 9.17) is 20.8 Å². The molecular formula is C13H14BrClN2O2. The minimum atomic E-state index is 0.577. The smallest absolute Gasteiger partial charge is 0.208 e. The zero-order valence-electron chi connectivity index (χ0n) is 10.5. The van der Waals surface area contributed by atoms with E-state index in [1.807, 2.05) is 18.2 Å². The lowest BCUT2D eigenvalue weighted by Gasteiger charge is -2.01. The maximum atomic E-state index is 6.05. The van der Waals surface area contributed by atoms with E-state index in [1.165, 1.54) is 0 Å². The molecule has 0 aliphatic rings. The molecule has 0 radical (unpaired) electrons. The summed E-state index contributed by atoms with van der Waals surface area (Å²) in [6.45, 7) is 2.00. The first-order valence-corrected chi connectivity index (χ1v) is 6.97. The van der Waals surface area contributed by atoms with Gasteiger partial charge in [0.15, 0.2) is 5.76 Å². The summed E-state index contributed by atoms with van der Waals surface area (Å²) in [4.78, 5) is 4.22. The van der Waals surface area contributed by atoms with Crippen LogP contribution in [-0.4, -0.2) is 25.2 Å². The van der Waals surface area contributed by atoms with Crippen molar-refractivity contribution in [2.75, 3.05) is 20.3 Å². The first kappa shape index (κ1) is 14.5. The second-order valence-corrected chi connectivity index (χ2v) is 5.18. The zero-order valence-corrected chi connectivity index (χ0v) is 12.8. The summed E-state index contributed by atoms with van der Waals surface area (Å²) in [6.07, 6.45) is 1.70. The van der Waals surface area contributed by atoms with Gasteiger partial charge in [-0.1, -0.05) is 11.6 Å². The number of halogens is 2. The van der Waals surface area contributed by atoms with Crippen LogP contribution in [0, 0.1) is 0 Å². The maximum Gasteiger partial charge on any atom is 0.208 e. The Morgan fingerprint density at radius 2 is 2.32 bits per heavy atom. The molecule has 2 rings (SSSR count). The Bertz CT molecular complexity index is 545. The normalized spacial score (nSPS) is 10.9. The molecule has 0 amide bonds. The molecule has 0 bridgehead atoms. The van der Waals surface area contributed by atoms with E-state index in [2.05, 4.69) is 26.2 Å². The van der Waals surface area contributed by atoms with E-state index in [1.54, 1.807) is 13.3 Å². The fourth-order valence-electron chi connectivity index (χ4n) is 1.54. The fraction of sp³-hybridized carbons (Fsp3) is 0.308. The number of hydrogen-bond donors (Lipinski definition) is 1. The van der Waals surface area contributed by atoms with Crippen LogP contribution in [0.3, 0.4) is 0 Å². The molecule has 1 aromatic carbocycles. The largest absolute Gasteiger partial charge is 0.439 e. The second kappa shape index (κ2) is 7.05. The number of nitrogens with one attached hydrogen (secondary N) is 1. The van der Waals surface area contributed by atoms with Gasteiger partial charge < -0.3 is 14.5 Å². The topological polar surface area (TPSA) is 47.3 Å². The standard InChI is InChI=1S/C13H14BrClN2O2/c1-18-5-4-16-8-13-17-7-12(19-13)9-2-3-10(14)11(15)6-9/h2-3,6-7,16H,4-5,8H2,1H3. The summed E-state index contributed by atoms with van der Waals surface area (Å²) in [7, 11) is 1.67. The molecule has 0 saturated carbocycles. The molecule has 1 aromatic heterocycles. The Balaban J connectivity index is 2.01.